The Morgan fingerprint density at radius 2 is 1.57 bits per heavy atom. The van der Waals surface area contributed by atoms with E-state index in [1.54, 1.807) is 0 Å². The molecule has 2 atom stereocenters. The Kier molecular flexibility index (Phi) is 9.11. The van der Waals surface area contributed by atoms with Crippen LogP contribution < -0.4 is 16.4 Å². The number of nitrogens with two attached hydrogens (primary N) is 1. The van der Waals surface area contributed by atoms with Crippen LogP contribution in [0.25, 0.3) is 0 Å². The molecule has 166 valence electrons. The zero-order valence-electron chi connectivity index (χ0n) is 19.8. The lowest BCUT2D eigenvalue weighted by Crippen LogP contribution is -2.55. The molecular formula is C25H39N3O2. The summed E-state index contributed by atoms with van der Waals surface area (Å²) in [5.41, 5.74) is 7.43. The maximum absolute atomic E-state index is 12.8. The van der Waals surface area contributed by atoms with E-state index in [1.165, 1.54) is 0 Å². The van der Waals surface area contributed by atoms with Gasteiger partial charge in [-0.3, -0.25) is 9.59 Å². The normalized spacial score (nSPS) is 13.8. The molecule has 0 aromatic heterocycles. The van der Waals surface area contributed by atoms with Crippen LogP contribution in [0.5, 0.6) is 0 Å². The smallest absolute Gasteiger partial charge is 0.243 e. The van der Waals surface area contributed by atoms with Gasteiger partial charge < -0.3 is 16.4 Å². The van der Waals surface area contributed by atoms with Gasteiger partial charge in [-0.15, -0.1) is 0 Å². The monoisotopic (exact) mass is 413 g/mol. The lowest BCUT2D eigenvalue weighted by molar-refractivity contribution is -0.130. The number of benzene rings is 1. The molecule has 0 spiro atoms. The molecular weight excluding hydrogens is 374 g/mol. The molecule has 1 aromatic rings. The minimum Gasteiger partial charge on any atom is -0.350 e. The summed E-state index contributed by atoms with van der Waals surface area (Å²) in [4.78, 5) is 25.4. The van der Waals surface area contributed by atoms with E-state index in [2.05, 4.69) is 43.2 Å². The molecule has 0 aliphatic carbocycles. The van der Waals surface area contributed by atoms with Crippen molar-refractivity contribution < 1.29 is 9.59 Å². The van der Waals surface area contributed by atoms with Crippen LogP contribution in [0, 0.1) is 23.2 Å². The van der Waals surface area contributed by atoms with Gasteiger partial charge in [-0.1, -0.05) is 37.8 Å². The summed E-state index contributed by atoms with van der Waals surface area (Å²) in [5.74, 6) is 6.16. The second-order valence-electron chi connectivity index (χ2n) is 10.4. The van der Waals surface area contributed by atoms with Gasteiger partial charge in [0.25, 0.3) is 0 Å². The highest BCUT2D eigenvalue weighted by Gasteiger charge is 2.27. The molecule has 30 heavy (non-hydrogen) atoms. The van der Waals surface area contributed by atoms with Gasteiger partial charge in [0.2, 0.25) is 11.8 Å². The number of carbonyl (C=O) groups is 2. The topological polar surface area (TPSA) is 84.2 Å². The van der Waals surface area contributed by atoms with Crippen molar-refractivity contribution in [3.8, 4) is 11.8 Å². The first-order valence-electron chi connectivity index (χ1n) is 10.7. The van der Waals surface area contributed by atoms with E-state index in [9.17, 15) is 9.59 Å². The van der Waals surface area contributed by atoms with Crippen LogP contribution in [0.2, 0.25) is 0 Å². The Balaban J connectivity index is 2.98. The van der Waals surface area contributed by atoms with Crippen LogP contribution in [0.1, 0.15) is 72.9 Å². The minimum absolute atomic E-state index is 0.0617. The Bertz CT molecular complexity index is 772. The van der Waals surface area contributed by atoms with E-state index < -0.39 is 17.6 Å². The van der Waals surface area contributed by atoms with Crippen LogP contribution in [0.4, 0.5) is 0 Å². The second-order valence-corrected chi connectivity index (χ2v) is 10.4. The van der Waals surface area contributed by atoms with Crippen molar-refractivity contribution in [3.63, 3.8) is 0 Å². The molecule has 0 aliphatic heterocycles. The average molecular weight is 414 g/mol. The van der Waals surface area contributed by atoms with Crippen molar-refractivity contribution in [1.82, 2.24) is 10.6 Å². The van der Waals surface area contributed by atoms with Crippen LogP contribution >= 0.6 is 0 Å². The van der Waals surface area contributed by atoms with Gasteiger partial charge in [-0.25, -0.2) is 0 Å². The van der Waals surface area contributed by atoms with Gasteiger partial charge in [-0.2, -0.15) is 0 Å². The third kappa shape index (κ3) is 10.5. The molecule has 0 saturated heterocycles. The van der Waals surface area contributed by atoms with Crippen molar-refractivity contribution in [2.24, 2.45) is 17.1 Å². The summed E-state index contributed by atoms with van der Waals surface area (Å²) in [6.45, 7) is 16.0. The quantitative estimate of drug-likeness (QED) is 0.599. The number of hydrogen-bond acceptors (Lipinski definition) is 3. The fourth-order valence-corrected chi connectivity index (χ4v) is 2.78. The first kappa shape index (κ1) is 25.7. The minimum atomic E-state index is -0.693. The summed E-state index contributed by atoms with van der Waals surface area (Å²) in [6, 6.07) is 6.46. The van der Waals surface area contributed by atoms with E-state index >= 15 is 0 Å². The SMILES string of the molecule is CC(C)CC(N)C(=O)NC(Cc1ccc(C#CC(C)(C)C)cc1)C(=O)NC(C)(C)C. The maximum Gasteiger partial charge on any atom is 0.243 e. The van der Waals surface area contributed by atoms with Gasteiger partial charge in [0.1, 0.15) is 6.04 Å². The molecule has 0 saturated carbocycles. The van der Waals surface area contributed by atoms with Gasteiger partial charge in [0.15, 0.2) is 0 Å². The average Bonchev–Trinajstić information content (AvgIpc) is 2.57. The molecule has 2 amide bonds. The maximum atomic E-state index is 12.8. The van der Waals surface area contributed by atoms with Gasteiger partial charge in [-0.05, 0) is 71.6 Å². The molecule has 0 radical (unpaired) electrons. The first-order chi connectivity index (χ1) is 13.7. The van der Waals surface area contributed by atoms with Crippen molar-refractivity contribution in [1.29, 1.82) is 0 Å². The molecule has 4 N–H and O–H groups in total. The molecule has 1 rings (SSSR count). The third-order valence-corrected chi connectivity index (χ3v) is 4.17. The highest BCUT2D eigenvalue weighted by molar-refractivity contribution is 5.90. The lowest BCUT2D eigenvalue weighted by atomic mass is 9.97. The Morgan fingerprint density at radius 1 is 1.00 bits per heavy atom. The Morgan fingerprint density at radius 3 is 2.03 bits per heavy atom. The third-order valence-electron chi connectivity index (χ3n) is 4.17. The van der Waals surface area contributed by atoms with Crippen molar-refractivity contribution in [2.75, 3.05) is 0 Å². The molecule has 5 heteroatoms. The number of carbonyl (C=O) groups excluding carboxylic acids is 2. The summed E-state index contributed by atoms with van der Waals surface area (Å²) >= 11 is 0. The number of amides is 2. The van der Waals surface area contributed by atoms with Crippen LogP contribution in [0.3, 0.4) is 0 Å². The predicted molar refractivity (Wildman–Crippen MR) is 124 cm³/mol. The van der Waals surface area contributed by atoms with Crippen LogP contribution in [0.15, 0.2) is 24.3 Å². The van der Waals surface area contributed by atoms with Crippen LogP contribution in [-0.2, 0) is 16.0 Å². The molecule has 0 heterocycles. The number of hydrogen-bond donors (Lipinski definition) is 3. The first-order valence-corrected chi connectivity index (χ1v) is 10.7. The molecule has 0 aliphatic rings. The standard InChI is InChI=1S/C25H39N3O2/c1-17(2)15-20(26)22(29)27-21(23(30)28-25(6,7)8)16-19-11-9-18(10-12-19)13-14-24(3,4)5/h9-12,17,20-21H,15-16,26H2,1-8H3,(H,27,29)(H,28,30). The van der Waals surface area contributed by atoms with Crippen molar-refractivity contribution in [2.45, 2.75) is 85.9 Å². The highest BCUT2D eigenvalue weighted by Crippen LogP contribution is 2.12. The molecule has 0 fully saturated rings. The molecule has 2 unspecified atom stereocenters. The summed E-state index contributed by atoms with van der Waals surface area (Å²) in [5, 5.41) is 5.80. The summed E-state index contributed by atoms with van der Waals surface area (Å²) in [7, 11) is 0. The lowest BCUT2D eigenvalue weighted by Gasteiger charge is -2.26. The van der Waals surface area contributed by atoms with Gasteiger partial charge in [0, 0.05) is 22.9 Å². The molecule has 1 aromatic carbocycles. The van der Waals surface area contributed by atoms with E-state index in [4.69, 9.17) is 5.73 Å². The fourth-order valence-electron chi connectivity index (χ4n) is 2.78. The largest absolute Gasteiger partial charge is 0.350 e. The second kappa shape index (κ2) is 10.6. The van der Waals surface area contributed by atoms with Crippen LogP contribution in [-0.4, -0.2) is 29.4 Å². The van der Waals surface area contributed by atoms with E-state index in [1.807, 2.05) is 58.9 Å². The highest BCUT2D eigenvalue weighted by atomic mass is 16.2. The number of nitrogens with one attached hydrogen (secondary N) is 2. The zero-order valence-corrected chi connectivity index (χ0v) is 19.8. The summed E-state index contributed by atoms with van der Waals surface area (Å²) < 4.78 is 0. The van der Waals surface area contributed by atoms with Crippen molar-refractivity contribution >= 4 is 11.8 Å². The number of rotatable bonds is 7. The van der Waals surface area contributed by atoms with Gasteiger partial charge >= 0.3 is 0 Å². The van der Waals surface area contributed by atoms with E-state index in [-0.39, 0.29) is 17.2 Å². The molecule has 0 bridgehead atoms. The van der Waals surface area contributed by atoms with E-state index in [0.29, 0.717) is 18.8 Å². The fraction of sp³-hybridized carbons (Fsp3) is 0.600. The molecule has 5 nitrogen and oxygen atoms in total. The Labute approximate surface area is 182 Å². The summed E-state index contributed by atoms with van der Waals surface area (Å²) in [6.07, 6.45) is 0.954. The van der Waals surface area contributed by atoms with E-state index in [0.717, 1.165) is 11.1 Å². The zero-order chi connectivity index (χ0) is 23.1. The predicted octanol–water partition coefficient (Wildman–Crippen LogP) is 3.40. The Hall–Kier alpha value is -2.32. The van der Waals surface area contributed by atoms with Crippen molar-refractivity contribution in [3.05, 3.63) is 35.4 Å². The van der Waals surface area contributed by atoms with Gasteiger partial charge in [0.05, 0.1) is 6.04 Å².